The van der Waals surface area contributed by atoms with E-state index in [0.29, 0.717) is 24.7 Å². The lowest BCUT2D eigenvalue weighted by Gasteiger charge is -2.41. The number of carbonyl (C=O) groups is 3. The van der Waals surface area contributed by atoms with E-state index < -0.39 is 18.2 Å². The quantitative estimate of drug-likeness (QED) is 0.115. The number of hydrogen-bond acceptors (Lipinski definition) is 7. The average Bonchev–Trinajstić information content (AvgIpc) is 4.02. The molecule has 1 unspecified atom stereocenters. The molecule has 1 saturated carbocycles. The Morgan fingerprint density at radius 2 is 1.36 bits per heavy atom. The number of alkyl carbamates (subject to hydrolysis) is 1. The second-order valence-electron chi connectivity index (χ2n) is 17.0. The van der Waals surface area contributed by atoms with E-state index in [1.807, 2.05) is 36.0 Å². The molecule has 12 heteroatoms. The Hall–Kier alpha value is -4.97. The number of aromatic amines is 2. The van der Waals surface area contributed by atoms with E-state index in [9.17, 15) is 14.4 Å². The lowest BCUT2D eigenvalue weighted by atomic mass is 9.93. The third-order valence-corrected chi connectivity index (χ3v) is 12.0. The van der Waals surface area contributed by atoms with Gasteiger partial charge in [0.1, 0.15) is 17.7 Å². The van der Waals surface area contributed by atoms with Crippen LogP contribution >= 0.6 is 0 Å². The number of piperidine rings is 2. The molecule has 2 saturated heterocycles. The molecule has 3 aliphatic rings. The Kier molecular flexibility index (Phi) is 11.7. The molecule has 56 heavy (non-hydrogen) atoms. The van der Waals surface area contributed by atoms with Gasteiger partial charge in [0.15, 0.2) is 0 Å². The van der Waals surface area contributed by atoms with Gasteiger partial charge in [0, 0.05) is 12.1 Å². The highest BCUT2D eigenvalue weighted by Crippen LogP contribution is 2.50. The van der Waals surface area contributed by atoms with Crippen LogP contribution in [0.15, 0.2) is 60.9 Å². The summed E-state index contributed by atoms with van der Waals surface area (Å²) in [6.45, 7) is 10.4. The van der Waals surface area contributed by atoms with Crippen molar-refractivity contribution in [2.75, 3.05) is 7.11 Å². The van der Waals surface area contributed by atoms with Crippen LogP contribution in [0.3, 0.4) is 0 Å². The van der Waals surface area contributed by atoms with Crippen molar-refractivity contribution >= 4 is 17.9 Å². The van der Waals surface area contributed by atoms with Gasteiger partial charge in [-0.25, -0.2) is 14.8 Å². The molecule has 4 heterocycles. The molecule has 4 aromatic rings. The Morgan fingerprint density at radius 1 is 0.786 bits per heavy atom. The normalized spacial score (nSPS) is 23.1. The summed E-state index contributed by atoms with van der Waals surface area (Å²) in [5.74, 6) is 2.44. The highest BCUT2D eigenvalue weighted by Gasteiger charge is 2.51. The van der Waals surface area contributed by atoms with Crippen molar-refractivity contribution in [3.8, 4) is 33.6 Å². The fourth-order valence-corrected chi connectivity index (χ4v) is 9.33. The van der Waals surface area contributed by atoms with Crippen molar-refractivity contribution in [3.63, 3.8) is 0 Å². The van der Waals surface area contributed by atoms with Crippen LogP contribution in [0.25, 0.3) is 33.6 Å². The molecule has 3 fully saturated rings. The third-order valence-electron chi connectivity index (χ3n) is 12.0. The third kappa shape index (κ3) is 8.12. The van der Waals surface area contributed by atoms with Crippen LogP contribution in [-0.4, -0.2) is 78.9 Å². The van der Waals surface area contributed by atoms with Crippen LogP contribution in [-0.2, 0) is 14.3 Å². The number of nitrogens with two attached hydrogens (primary N) is 1. The molecule has 298 valence electrons. The van der Waals surface area contributed by atoms with Crippen LogP contribution in [0.5, 0.6) is 0 Å². The molecule has 7 rings (SSSR count). The van der Waals surface area contributed by atoms with E-state index in [0.717, 1.165) is 83.8 Å². The first-order valence-electron chi connectivity index (χ1n) is 20.5. The molecule has 0 spiro atoms. The van der Waals surface area contributed by atoms with Crippen molar-refractivity contribution < 1.29 is 19.1 Å². The molecule has 2 aliphatic heterocycles. The second kappa shape index (κ2) is 16.6. The minimum atomic E-state index is -0.648. The summed E-state index contributed by atoms with van der Waals surface area (Å²) in [6.07, 6.45) is 10.2. The van der Waals surface area contributed by atoms with Gasteiger partial charge in [0.2, 0.25) is 11.8 Å². The molecule has 0 radical (unpaired) electrons. The number of methoxy groups -OCH3 is 1. The number of ether oxygens (including phenoxy) is 1. The summed E-state index contributed by atoms with van der Waals surface area (Å²) >= 11 is 0. The van der Waals surface area contributed by atoms with E-state index in [1.54, 1.807) is 0 Å². The Balaban J connectivity index is 1.03. The van der Waals surface area contributed by atoms with Gasteiger partial charge in [-0.15, -0.1) is 0 Å². The van der Waals surface area contributed by atoms with E-state index in [2.05, 4.69) is 84.6 Å². The second-order valence-corrected chi connectivity index (χ2v) is 17.0. The predicted molar refractivity (Wildman–Crippen MR) is 217 cm³/mol. The smallest absolute Gasteiger partial charge is 0.407 e. The van der Waals surface area contributed by atoms with E-state index in [1.165, 1.54) is 7.11 Å². The summed E-state index contributed by atoms with van der Waals surface area (Å²) in [5, 5.41) is 2.79. The predicted octanol–water partition coefficient (Wildman–Crippen LogP) is 7.77. The minimum Gasteiger partial charge on any atom is -0.453 e. The molecule has 5 N–H and O–H groups in total. The van der Waals surface area contributed by atoms with E-state index in [4.69, 9.17) is 20.4 Å². The fraction of sp³-hybridized carbons (Fsp3) is 0.523. The molecule has 7 atom stereocenters. The van der Waals surface area contributed by atoms with Crippen molar-refractivity contribution in [2.45, 2.75) is 122 Å². The summed E-state index contributed by atoms with van der Waals surface area (Å²) in [6, 6.07) is 15.7. The number of carbonyl (C=O) groups excluding carboxylic acids is 3. The maximum atomic E-state index is 14.0. The Bertz CT molecular complexity index is 1990. The van der Waals surface area contributed by atoms with Crippen LogP contribution < -0.4 is 11.1 Å². The Morgan fingerprint density at radius 3 is 1.95 bits per heavy atom. The highest BCUT2D eigenvalue weighted by atomic mass is 16.5. The number of imidazole rings is 2. The maximum absolute atomic E-state index is 14.0. The summed E-state index contributed by atoms with van der Waals surface area (Å²) in [5.41, 5.74) is 12.4. The number of hydrogen-bond donors (Lipinski definition) is 4. The van der Waals surface area contributed by atoms with Crippen molar-refractivity contribution in [1.82, 2.24) is 35.1 Å². The van der Waals surface area contributed by atoms with Gasteiger partial charge in [-0.1, -0.05) is 76.2 Å². The zero-order valence-electron chi connectivity index (χ0n) is 33.6. The number of likely N-dealkylation sites (tertiary alicyclic amines) is 2. The van der Waals surface area contributed by atoms with Gasteiger partial charge >= 0.3 is 6.09 Å². The van der Waals surface area contributed by atoms with Gasteiger partial charge in [0.25, 0.3) is 0 Å². The lowest BCUT2D eigenvalue weighted by Crippen LogP contribution is -2.52. The molecule has 1 aliphatic carbocycles. The molecule has 12 nitrogen and oxygen atoms in total. The van der Waals surface area contributed by atoms with Crippen LogP contribution in [0, 0.1) is 17.8 Å². The number of rotatable bonds is 12. The summed E-state index contributed by atoms with van der Waals surface area (Å²) < 4.78 is 4.85. The first-order valence-corrected chi connectivity index (χ1v) is 20.5. The molecular weight excluding hydrogens is 705 g/mol. The van der Waals surface area contributed by atoms with E-state index in [-0.39, 0.29) is 41.9 Å². The summed E-state index contributed by atoms with van der Waals surface area (Å²) in [4.78, 5) is 60.3. The van der Waals surface area contributed by atoms with Crippen molar-refractivity contribution in [2.24, 2.45) is 23.5 Å². The highest BCUT2D eigenvalue weighted by molar-refractivity contribution is 5.87. The van der Waals surface area contributed by atoms with Gasteiger partial charge in [0.05, 0.1) is 49.0 Å². The zero-order valence-corrected chi connectivity index (χ0v) is 33.6. The average molecular weight is 763 g/mol. The number of H-pyrrole nitrogens is 2. The number of fused-ring (bicyclic) bond motifs is 2. The molecule has 2 bridgehead atoms. The SMILES string of the molecule is COC(=O)N[C@@H](CC(C)C)C(=O)N1[C@@H]2CC[C@@H](C2)[C@H]1c1ncc(-c2ccc(-c3ccc(-c4cnc([C@@H]5CCC[C@H](C)N5C(=O)C(N)CC(C)C)[nH]4)cc3)cc2)[nH]1. The maximum Gasteiger partial charge on any atom is 0.407 e. The van der Waals surface area contributed by atoms with Gasteiger partial charge in [-0.3, -0.25) is 9.59 Å². The van der Waals surface area contributed by atoms with Crippen LogP contribution in [0.2, 0.25) is 0 Å². The number of benzene rings is 2. The number of amides is 3. The number of aromatic nitrogens is 4. The first-order chi connectivity index (χ1) is 26.9. The minimum absolute atomic E-state index is 0.0120. The molecule has 2 aromatic carbocycles. The van der Waals surface area contributed by atoms with Crippen LogP contribution in [0.4, 0.5) is 4.79 Å². The van der Waals surface area contributed by atoms with Gasteiger partial charge in [-0.05, 0) is 98.3 Å². The molecular formula is C44H58N8O4. The van der Waals surface area contributed by atoms with Crippen molar-refractivity contribution in [1.29, 1.82) is 0 Å². The van der Waals surface area contributed by atoms with Crippen LogP contribution in [0.1, 0.15) is 110 Å². The summed E-state index contributed by atoms with van der Waals surface area (Å²) in [7, 11) is 1.32. The lowest BCUT2D eigenvalue weighted by molar-refractivity contribution is -0.140. The van der Waals surface area contributed by atoms with Gasteiger partial charge < -0.3 is 35.6 Å². The molecule has 2 aromatic heterocycles. The monoisotopic (exact) mass is 762 g/mol. The zero-order chi connectivity index (χ0) is 39.7. The largest absolute Gasteiger partial charge is 0.453 e. The number of nitrogens with zero attached hydrogens (tertiary/aromatic N) is 4. The van der Waals surface area contributed by atoms with Crippen molar-refractivity contribution in [3.05, 3.63) is 72.6 Å². The van der Waals surface area contributed by atoms with Gasteiger partial charge in [-0.2, -0.15) is 0 Å². The Labute approximate surface area is 330 Å². The van der Waals surface area contributed by atoms with E-state index >= 15 is 0 Å². The molecule has 3 amide bonds. The first kappa shape index (κ1) is 39.3. The number of nitrogens with one attached hydrogen (secondary N) is 3. The standard InChI is InChI=1S/C44H58N8O4/c1-25(2)20-34(45)42(53)51-27(5)8-7-9-38(51)40-46-23-36(48-40)30-14-10-28(11-15-30)29-12-16-31(17-13-29)37-24-47-41(49-37)39-32-18-19-33(22-32)52(39)43(54)35(21-26(3)4)50-44(55)56-6/h10-17,23-27,32-35,38-39H,7-9,18-22,45H2,1-6H3,(H,46,48)(H,47,49)(H,50,55)/t27-,32-,33+,34?,35-,38-,39-/m0/s1. The topological polar surface area (TPSA) is 162 Å². The fourth-order valence-electron chi connectivity index (χ4n) is 9.33.